The molecule has 0 unspecified atom stereocenters. The normalized spacial score (nSPS) is 17.4. The number of halogens is 1. The minimum Gasteiger partial charge on any atom is -0.369 e. The minimum absolute atomic E-state index is 0.0650. The van der Waals surface area contributed by atoms with E-state index in [2.05, 4.69) is 4.98 Å². The molecule has 0 bridgehead atoms. The van der Waals surface area contributed by atoms with Crippen LogP contribution in [0.1, 0.15) is 12.1 Å². The number of hydrogen-bond acceptors (Lipinski definition) is 4. The molecular weight excluding hydrogens is 317 g/mol. The molecule has 23 heavy (non-hydrogen) atoms. The molecule has 1 aromatic carbocycles. The topological polar surface area (TPSA) is 76.3 Å². The third-order valence-electron chi connectivity index (χ3n) is 3.90. The van der Waals surface area contributed by atoms with Crippen LogP contribution in [0.25, 0.3) is 10.6 Å². The van der Waals surface area contributed by atoms with Gasteiger partial charge >= 0.3 is 0 Å². The first-order chi connectivity index (χ1) is 11.0. The lowest BCUT2D eigenvalue weighted by atomic mass is 10.1. The molecule has 0 spiro atoms. The maximum atomic E-state index is 13.3. The van der Waals surface area contributed by atoms with Gasteiger partial charge in [-0.15, -0.1) is 11.3 Å². The maximum Gasteiger partial charge on any atom is 0.228 e. The lowest BCUT2D eigenvalue weighted by Gasteiger charge is -2.15. The van der Waals surface area contributed by atoms with Crippen LogP contribution in [-0.4, -0.2) is 34.8 Å². The molecule has 2 heterocycles. The van der Waals surface area contributed by atoms with E-state index in [1.807, 2.05) is 0 Å². The molecule has 2 N–H and O–H groups in total. The molecule has 120 valence electrons. The summed E-state index contributed by atoms with van der Waals surface area (Å²) >= 11 is 1.38. The molecule has 1 saturated heterocycles. The van der Waals surface area contributed by atoms with Gasteiger partial charge in [-0.3, -0.25) is 9.59 Å². The van der Waals surface area contributed by atoms with E-state index in [4.69, 9.17) is 5.73 Å². The summed E-state index contributed by atoms with van der Waals surface area (Å²) in [6.45, 7) is 0.933. The minimum atomic E-state index is -0.359. The van der Waals surface area contributed by atoms with Gasteiger partial charge in [0.05, 0.1) is 18.0 Å². The summed E-state index contributed by atoms with van der Waals surface area (Å²) in [4.78, 5) is 29.5. The Balaban J connectivity index is 1.65. The maximum absolute atomic E-state index is 13.3. The van der Waals surface area contributed by atoms with Gasteiger partial charge in [0, 0.05) is 24.0 Å². The Morgan fingerprint density at radius 1 is 1.43 bits per heavy atom. The van der Waals surface area contributed by atoms with Crippen LogP contribution >= 0.6 is 11.3 Å². The first-order valence-electron chi connectivity index (χ1n) is 7.30. The van der Waals surface area contributed by atoms with Crippen molar-refractivity contribution >= 4 is 23.2 Å². The van der Waals surface area contributed by atoms with Crippen LogP contribution in [0.4, 0.5) is 4.39 Å². The SMILES string of the molecule is NC(=O)[C@H]1CCN(C(=O)Cc2csc(-c3cccc(F)c3)n2)C1. The molecule has 0 saturated carbocycles. The predicted octanol–water partition coefficient (Wildman–Crippen LogP) is 1.83. The summed E-state index contributed by atoms with van der Waals surface area (Å²) in [6.07, 6.45) is 0.796. The van der Waals surface area contributed by atoms with Crippen LogP contribution in [0, 0.1) is 11.7 Å². The van der Waals surface area contributed by atoms with E-state index in [0.29, 0.717) is 35.8 Å². The van der Waals surface area contributed by atoms with Crippen LogP contribution in [0.15, 0.2) is 29.6 Å². The lowest BCUT2D eigenvalue weighted by Crippen LogP contribution is -2.32. The number of nitrogens with two attached hydrogens (primary N) is 1. The van der Waals surface area contributed by atoms with E-state index in [1.54, 1.807) is 22.4 Å². The molecule has 5 nitrogen and oxygen atoms in total. The second kappa shape index (κ2) is 6.45. The van der Waals surface area contributed by atoms with E-state index in [0.717, 1.165) is 0 Å². The van der Waals surface area contributed by atoms with Crippen molar-refractivity contribution in [3.05, 3.63) is 41.2 Å². The van der Waals surface area contributed by atoms with E-state index in [-0.39, 0.29) is 30.0 Å². The fourth-order valence-corrected chi connectivity index (χ4v) is 3.44. The zero-order valence-electron chi connectivity index (χ0n) is 12.4. The van der Waals surface area contributed by atoms with Crippen molar-refractivity contribution in [2.75, 3.05) is 13.1 Å². The molecule has 2 aromatic rings. The Hall–Kier alpha value is -2.28. The van der Waals surface area contributed by atoms with Gasteiger partial charge in [0.2, 0.25) is 11.8 Å². The zero-order chi connectivity index (χ0) is 16.4. The fourth-order valence-electron chi connectivity index (χ4n) is 2.63. The Labute approximate surface area is 136 Å². The molecule has 1 aliphatic rings. The van der Waals surface area contributed by atoms with Crippen LogP contribution in [0.2, 0.25) is 0 Å². The molecule has 0 aliphatic carbocycles. The molecule has 2 amide bonds. The Bertz CT molecular complexity index is 746. The smallest absolute Gasteiger partial charge is 0.228 e. The molecule has 1 aromatic heterocycles. The van der Waals surface area contributed by atoms with Gasteiger partial charge in [-0.25, -0.2) is 9.37 Å². The highest BCUT2D eigenvalue weighted by molar-refractivity contribution is 7.13. The van der Waals surface area contributed by atoms with Crippen LogP contribution in [0.3, 0.4) is 0 Å². The Kier molecular flexibility index (Phi) is 4.38. The number of rotatable bonds is 4. The Morgan fingerprint density at radius 3 is 2.96 bits per heavy atom. The summed E-state index contributed by atoms with van der Waals surface area (Å²) in [7, 11) is 0. The molecule has 1 aliphatic heterocycles. The Morgan fingerprint density at radius 2 is 2.26 bits per heavy atom. The third kappa shape index (κ3) is 3.56. The van der Waals surface area contributed by atoms with E-state index < -0.39 is 0 Å². The second-order valence-corrected chi connectivity index (χ2v) is 6.42. The summed E-state index contributed by atoms with van der Waals surface area (Å²) in [5.41, 5.74) is 6.63. The van der Waals surface area contributed by atoms with Crippen molar-refractivity contribution in [3.8, 4) is 10.6 Å². The number of amides is 2. The fraction of sp³-hybridized carbons (Fsp3) is 0.312. The molecule has 3 rings (SSSR count). The summed E-state index contributed by atoms with van der Waals surface area (Å²) < 4.78 is 13.3. The van der Waals surface area contributed by atoms with E-state index in [1.165, 1.54) is 23.5 Å². The number of carbonyl (C=O) groups excluding carboxylic acids is 2. The van der Waals surface area contributed by atoms with Crippen LogP contribution in [0.5, 0.6) is 0 Å². The highest BCUT2D eigenvalue weighted by atomic mass is 32.1. The van der Waals surface area contributed by atoms with Crippen molar-refractivity contribution in [1.82, 2.24) is 9.88 Å². The summed E-state index contributed by atoms with van der Waals surface area (Å²) in [6, 6.07) is 6.21. The summed E-state index contributed by atoms with van der Waals surface area (Å²) in [5, 5.41) is 2.49. The number of thiazole rings is 1. The van der Waals surface area contributed by atoms with Crippen molar-refractivity contribution in [2.24, 2.45) is 11.7 Å². The van der Waals surface area contributed by atoms with Gasteiger partial charge in [0.1, 0.15) is 10.8 Å². The number of likely N-dealkylation sites (tertiary alicyclic amines) is 1. The third-order valence-corrected chi connectivity index (χ3v) is 4.84. The molecule has 1 fully saturated rings. The molecular formula is C16H16FN3O2S. The van der Waals surface area contributed by atoms with E-state index in [9.17, 15) is 14.0 Å². The van der Waals surface area contributed by atoms with Crippen molar-refractivity contribution in [3.63, 3.8) is 0 Å². The van der Waals surface area contributed by atoms with Crippen LogP contribution in [-0.2, 0) is 16.0 Å². The van der Waals surface area contributed by atoms with Crippen LogP contribution < -0.4 is 5.73 Å². The second-order valence-electron chi connectivity index (χ2n) is 5.56. The highest BCUT2D eigenvalue weighted by Gasteiger charge is 2.29. The molecule has 0 radical (unpaired) electrons. The van der Waals surface area contributed by atoms with Gasteiger partial charge in [0.25, 0.3) is 0 Å². The molecule has 7 heteroatoms. The standard InChI is InChI=1S/C16H16FN3O2S/c17-12-3-1-2-10(6-12)16-19-13(9-23-16)7-14(21)20-5-4-11(8-20)15(18)22/h1-3,6,9,11H,4-5,7-8H2,(H2,18,22)/t11-/m0/s1. The van der Waals surface area contributed by atoms with E-state index >= 15 is 0 Å². The molecule has 1 atom stereocenters. The highest BCUT2D eigenvalue weighted by Crippen LogP contribution is 2.25. The first kappa shape index (κ1) is 15.6. The van der Waals surface area contributed by atoms with Crippen molar-refractivity contribution in [2.45, 2.75) is 12.8 Å². The number of carbonyl (C=O) groups is 2. The van der Waals surface area contributed by atoms with Gasteiger partial charge < -0.3 is 10.6 Å². The number of aromatic nitrogens is 1. The van der Waals surface area contributed by atoms with Gasteiger partial charge in [0.15, 0.2) is 0 Å². The number of primary amides is 1. The van der Waals surface area contributed by atoms with Gasteiger partial charge in [-0.05, 0) is 18.6 Å². The van der Waals surface area contributed by atoms with Gasteiger partial charge in [-0.1, -0.05) is 12.1 Å². The number of hydrogen-bond donors (Lipinski definition) is 1. The number of nitrogens with zero attached hydrogens (tertiary/aromatic N) is 2. The zero-order valence-corrected chi connectivity index (χ0v) is 13.2. The average Bonchev–Trinajstić information content (AvgIpc) is 3.16. The number of benzene rings is 1. The first-order valence-corrected chi connectivity index (χ1v) is 8.18. The predicted molar refractivity (Wildman–Crippen MR) is 85.1 cm³/mol. The van der Waals surface area contributed by atoms with Crippen molar-refractivity contribution in [1.29, 1.82) is 0 Å². The average molecular weight is 333 g/mol. The largest absolute Gasteiger partial charge is 0.369 e. The van der Waals surface area contributed by atoms with Crippen molar-refractivity contribution < 1.29 is 14.0 Å². The monoisotopic (exact) mass is 333 g/mol. The lowest BCUT2D eigenvalue weighted by molar-refractivity contribution is -0.129. The summed E-state index contributed by atoms with van der Waals surface area (Å²) in [5.74, 6) is -0.991. The van der Waals surface area contributed by atoms with Gasteiger partial charge in [-0.2, -0.15) is 0 Å². The quantitative estimate of drug-likeness (QED) is 0.927.